The molecule has 0 spiro atoms. The number of aromatic nitrogens is 1. The van der Waals surface area contributed by atoms with Crippen molar-refractivity contribution in [3.8, 4) is 44.6 Å². The number of para-hydroxylation sites is 2. The van der Waals surface area contributed by atoms with Crippen LogP contribution in [0.3, 0.4) is 0 Å². The molecule has 0 saturated carbocycles. The normalized spacial score (nSPS) is 11.8. The van der Waals surface area contributed by atoms with Gasteiger partial charge in [-0.05, 0) is 58.1 Å². The lowest BCUT2D eigenvalue weighted by Gasteiger charge is -2.16. The molecule has 0 aliphatic carbocycles. The highest BCUT2D eigenvalue weighted by atomic mass is 32.1. The molecule has 52 heavy (non-hydrogen) atoms. The summed E-state index contributed by atoms with van der Waals surface area (Å²) in [6.07, 6.45) is 0. The van der Waals surface area contributed by atoms with Crippen LogP contribution in [0.15, 0.2) is 180 Å². The summed E-state index contributed by atoms with van der Waals surface area (Å²) in [6, 6.07) is 63.0. The molecule has 0 unspecified atom stereocenters. The smallest absolute Gasteiger partial charge is 0.136 e. The van der Waals surface area contributed by atoms with Crippen LogP contribution in [0.25, 0.3) is 108 Å². The molecule has 0 aliphatic heterocycles. The largest absolute Gasteiger partial charge is 0.456 e. The van der Waals surface area contributed by atoms with E-state index in [-0.39, 0.29) is 0 Å². The van der Waals surface area contributed by atoms with Crippen molar-refractivity contribution >= 4 is 75.1 Å². The summed E-state index contributed by atoms with van der Waals surface area (Å²) >= 11 is 1.86. The van der Waals surface area contributed by atoms with Crippen molar-refractivity contribution in [1.29, 1.82) is 0 Å². The van der Waals surface area contributed by atoms with Crippen LogP contribution >= 0.6 is 11.3 Å². The molecule has 0 fully saturated rings. The van der Waals surface area contributed by atoms with Crippen LogP contribution in [0.5, 0.6) is 0 Å². The molecule has 0 saturated heterocycles. The molecule has 11 rings (SSSR count). The maximum atomic E-state index is 6.58. The number of hydrogen-bond acceptors (Lipinski definition) is 3. The first-order valence-corrected chi connectivity index (χ1v) is 18.4. The highest BCUT2D eigenvalue weighted by molar-refractivity contribution is 7.25. The van der Waals surface area contributed by atoms with Gasteiger partial charge in [0.05, 0.1) is 11.2 Å². The summed E-state index contributed by atoms with van der Waals surface area (Å²) in [4.78, 5) is 5.24. The lowest BCUT2D eigenvalue weighted by atomic mass is 9.89. The van der Waals surface area contributed by atoms with E-state index in [1.165, 1.54) is 53.4 Å². The molecule has 0 atom stereocenters. The van der Waals surface area contributed by atoms with Gasteiger partial charge in [-0.25, -0.2) is 4.98 Å². The first-order valence-electron chi connectivity index (χ1n) is 17.6. The zero-order chi connectivity index (χ0) is 34.2. The molecule has 0 amide bonds. The Morgan fingerprint density at radius 2 is 1.02 bits per heavy atom. The quantitative estimate of drug-likeness (QED) is 0.173. The molecule has 0 bridgehead atoms. The van der Waals surface area contributed by atoms with E-state index in [0.717, 1.165) is 55.0 Å². The zero-order valence-corrected chi connectivity index (χ0v) is 28.8. The van der Waals surface area contributed by atoms with Crippen molar-refractivity contribution in [1.82, 2.24) is 4.98 Å². The van der Waals surface area contributed by atoms with Gasteiger partial charge in [0.15, 0.2) is 0 Å². The van der Waals surface area contributed by atoms with Crippen LogP contribution in [0.2, 0.25) is 0 Å². The molecule has 11 aromatic rings. The predicted octanol–water partition coefficient (Wildman–Crippen LogP) is 14.3. The highest BCUT2D eigenvalue weighted by Crippen LogP contribution is 2.47. The minimum absolute atomic E-state index is 0.867. The lowest BCUT2D eigenvalue weighted by Crippen LogP contribution is -1.93. The third-order valence-corrected chi connectivity index (χ3v) is 11.6. The molecule has 3 heteroatoms. The summed E-state index contributed by atoms with van der Waals surface area (Å²) in [5.41, 5.74) is 12.0. The lowest BCUT2D eigenvalue weighted by molar-refractivity contribution is 0.669. The molecule has 3 heterocycles. The fraction of sp³-hybridized carbons (Fsp3) is 0. The minimum atomic E-state index is 0.867. The van der Waals surface area contributed by atoms with Gasteiger partial charge in [-0.1, -0.05) is 146 Å². The number of rotatable bonds is 4. The van der Waals surface area contributed by atoms with E-state index in [0.29, 0.717) is 0 Å². The van der Waals surface area contributed by atoms with Crippen LogP contribution in [-0.2, 0) is 0 Å². The minimum Gasteiger partial charge on any atom is -0.456 e. The summed E-state index contributed by atoms with van der Waals surface area (Å²) in [5.74, 6) is 0. The number of nitrogens with zero attached hydrogens (tertiary/aromatic N) is 1. The van der Waals surface area contributed by atoms with Crippen LogP contribution in [0.1, 0.15) is 0 Å². The molecule has 3 aromatic heterocycles. The summed E-state index contributed by atoms with van der Waals surface area (Å²) in [5, 5.41) is 8.31. The van der Waals surface area contributed by atoms with Crippen LogP contribution in [0.4, 0.5) is 0 Å². The van der Waals surface area contributed by atoms with E-state index in [1.54, 1.807) is 0 Å². The summed E-state index contributed by atoms with van der Waals surface area (Å²) < 4.78 is 9.24. The maximum Gasteiger partial charge on any atom is 0.136 e. The van der Waals surface area contributed by atoms with Crippen molar-refractivity contribution in [2.24, 2.45) is 0 Å². The number of hydrogen-bond donors (Lipinski definition) is 0. The van der Waals surface area contributed by atoms with Gasteiger partial charge in [0.1, 0.15) is 11.2 Å². The Morgan fingerprint density at radius 1 is 0.385 bits per heavy atom. The standard InChI is InChI=1S/C49H29NOS/c1-2-11-34(12-3-1)49-39-29-42-48(37-14-5-8-18-41(37)51-42)45(47(39)36-13-4-7-17-40(36)50-49)33-27-23-31(24-28-33)30-21-25-32(26-22-30)35-16-10-20-44-46(35)38-15-6-9-19-43(38)52-44/h1-29H. The Kier molecular flexibility index (Phi) is 6.46. The monoisotopic (exact) mass is 679 g/mol. The van der Waals surface area contributed by atoms with Crippen LogP contribution in [0, 0.1) is 0 Å². The molecular formula is C49H29NOS. The van der Waals surface area contributed by atoms with E-state index in [4.69, 9.17) is 9.40 Å². The molecule has 0 aliphatic rings. The molecule has 8 aromatic carbocycles. The van der Waals surface area contributed by atoms with Crippen molar-refractivity contribution in [3.63, 3.8) is 0 Å². The number of pyridine rings is 1. The Bertz CT molecular complexity index is 3150. The average molecular weight is 680 g/mol. The van der Waals surface area contributed by atoms with Gasteiger partial charge in [-0.2, -0.15) is 0 Å². The van der Waals surface area contributed by atoms with Crippen LogP contribution in [-0.4, -0.2) is 4.98 Å². The molecule has 242 valence electrons. The van der Waals surface area contributed by atoms with Gasteiger partial charge >= 0.3 is 0 Å². The van der Waals surface area contributed by atoms with Gasteiger partial charge in [0, 0.05) is 58.2 Å². The Morgan fingerprint density at radius 3 is 1.83 bits per heavy atom. The SMILES string of the molecule is c1ccc(-c2nc3ccccc3c3c(-c4ccc(-c5ccc(-c6cccc7sc8ccccc8c67)cc5)cc4)c4c(cc23)oc2ccccc24)cc1. The predicted molar refractivity (Wildman–Crippen MR) is 221 cm³/mol. The number of thiophene rings is 1. The van der Waals surface area contributed by atoms with Crippen molar-refractivity contribution in [2.45, 2.75) is 0 Å². The Balaban J connectivity index is 1.09. The fourth-order valence-corrected chi connectivity index (χ4v) is 9.24. The second kappa shape index (κ2) is 11.5. The number of furan rings is 1. The van der Waals surface area contributed by atoms with Crippen LogP contribution < -0.4 is 0 Å². The van der Waals surface area contributed by atoms with Crippen molar-refractivity contribution < 1.29 is 4.42 Å². The second-order valence-corrected chi connectivity index (χ2v) is 14.5. The topological polar surface area (TPSA) is 26.0 Å². The average Bonchev–Trinajstić information content (AvgIpc) is 3.79. The third-order valence-electron chi connectivity index (χ3n) is 10.5. The van der Waals surface area contributed by atoms with E-state index in [2.05, 4.69) is 170 Å². The van der Waals surface area contributed by atoms with E-state index < -0.39 is 0 Å². The molecular weight excluding hydrogens is 651 g/mol. The maximum absolute atomic E-state index is 6.58. The van der Waals surface area contributed by atoms with E-state index in [1.807, 2.05) is 17.4 Å². The zero-order valence-electron chi connectivity index (χ0n) is 28.0. The van der Waals surface area contributed by atoms with Crippen molar-refractivity contribution in [2.75, 3.05) is 0 Å². The summed E-state index contributed by atoms with van der Waals surface area (Å²) in [7, 11) is 0. The second-order valence-electron chi connectivity index (χ2n) is 13.4. The Hall–Kier alpha value is -6.55. The van der Waals surface area contributed by atoms with E-state index in [9.17, 15) is 0 Å². The number of benzene rings is 8. The van der Waals surface area contributed by atoms with Gasteiger partial charge in [0.25, 0.3) is 0 Å². The Labute approximate surface area is 303 Å². The first kappa shape index (κ1) is 29.2. The third kappa shape index (κ3) is 4.46. The van der Waals surface area contributed by atoms with Gasteiger partial charge < -0.3 is 4.42 Å². The van der Waals surface area contributed by atoms with Gasteiger partial charge in [0.2, 0.25) is 0 Å². The molecule has 2 nitrogen and oxygen atoms in total. The molecule has 0 N–H and O–H groups in total. The van der Waals surface area contributed by atoms with Crippen molar-refractivity contribution in [3.05, 3.63) is 176 Å². The number of fused-ring (bicyclic) bond motifs is 9. The van der Waals surface area contributed by atoms with E-state index >= 15 is 0 Å². The van der Waals surface area contributed by atoms with Gasteiger partial charge in [-0.15, -0.1) is 11.3 Å². The summed E-state index contributed by atoms with van der Waals surface area (Å²) in [6.45, 7) is 0. The van der Waals surface area contributed by atoms with Gasteiger partial charge in [-0.3, -0.25) is 0 Å². The molecule has 0 radical (unpaired) electrons. The highest BCUT2D eigenvalue weighted by Gasteiger charge is 2.21. The first-order chi connectivity index (χ1) is 25.8. The fourth-order valence-electron chi connectivity index (χ4n) is 8.11.